The second kappa shape index (κ2) is 8.37. The fourth-order valence-electron chi connectivity index (χ4n) is 2.39. The predicted octanol–water partition coefficient (Wildman–Crippen LogP) is 4.01. The summed E-state index contributed by atoms with van der Waals surface area (Å²) < 4.78 is 24.7. The van der Waals surface area contributed by atoms with Crippen LogP contribution in [0.1, 0.15) is 27.7 Å². The van der Waals surface area contributed by atoms with Crippen molar-refractivity contribution in [3.05, 3.63) is 82.0 Å². The van der Waals surface area contributed by atoms with Crippen LogP contribution in [0.5, 0.6) is 0 Å². The third-order valence-corrected chi connectivity index (χ3v) is 6.04. The first-order chi connectivity index (χ1) is 13.3. The lowest BCUT2D eigenvalue weighted by atomic mass is 10.1. The van der Waals surface area contributed by atoms with Gasteiger partial charge in [-0.3, -0.25) is 4.79 Å². The fraction of sp³-hybridized carbons (Fsp3) is 0.100. The Bertz CT molecular complexity index is 1100. The lowest BCUT2D eigenvalue weighted by Crippen LogP contribution is -2.20. The van der Waals surface area contributed by atoms with Gasteiger partial charge in [-0.05, 0) is 55.1 Å². The third-order valence-electron chi connectivity index (χ3n) is 3.95. The Morgan fingerprint density at radius 1 is 1.04 bits per heavy atom. The molecule has 0 saturated heterocycles. The van der Waals surface area contributed by atoms with E-state index in [2.05, 4.69) is 15.2 Å². The number of rotatable bonds is 6. The number of amides is 1. The minimum atomic E-state index is -3.74. The number of nitrogens with zero attached hydrogens (tertiary/aromatic N) is 1. The summed E-state index contributed by atoms with van der Waals surface area (Å²) in [5, 5.41) is 8.66. The molecule has 0 spiro atoms. The predicted molar refractivity (Wildman–Crippen MR) is 112 cm³/mol. The number of aryl methyl sites for hydroxylation is 1. The largest absolute Gasteiger partial charge is 0.321 e. The van der Waals surface area contributed by atoms with Crippen molar-refractivity contribution in [3.8, 4) is 0 Å². The Balaban J connectivity index is 1.74. The molecule has 3 rings (SSSR count). The summed E-state index contributed by atoms with van der Waals surface area (Å²) in [6.07, 6.45) is 0. The van der Waals surface area contributed by atoms with Crippen LogP contribution >= 0.6 is 11.3 Å². The van der Waals surface area contributed by atoms with Crippen LogP contribution in [0.25, 0.3) is 0 Å². The van der Waals surface area contributed by atoms with Gasteiger partial charge in [0.05, 0.1) is 15.5 Å². The topological polar surface area (TPSA) is 87.6 Å². The zero-order valence-electron chi connectivity index (χ0n) is 15.3. The van der Waals surface area contributed by atoms with E-state index in [4.69, 9.17) is 0 Å². The molecule has 0 aliphatic heterocycles. The smallest absolute Gasteiger partial charge is 0.276 e. The van der Waals surface area contributed by atoms with E-state index in [1.54, 1.807) is 49.4 Å². The number of anilines is 1. The molecule has 0 saturated carbocycles. The van der Waals surface area contributed by atoms with Gasteiger partial charge in [0, 0.05) is 5.69 Å². The summed E-state index contributed by atoms with van der Waals surface area (Å²) in [6, 6.07) is 17.1. The van der Waals surface area contributed by atoms with Gasteiger partial charge in [-0.25, -0.2) is 0 Å². The number of carbonyl (C=O) groups excluding carboxylic acids is 1. The molecule has 3 aromatic rings. The van der Waals surface area contributed by atoms with Crippen LogP contribution in [0.15, 0.2) is 76.0 Å². The first-order valence-electron chi connectivity index (χ1n) is 8.43. The highest BCUT2D eigenvalue weighted by Gasteiger charge is 2.13. The van der Waals surface area contributed by atoms with E-state index in [-0.39, 0.29) is 10.8 Å². The molecule has 1 heterocycles. The van der Waals surface area contributed by atoms with Crippen LogP contribution in [0.3, 0.4) is 0 Å². The van der Waals surface area contributed by atoms with E-state index in [9.17, 15) is 13.2 Å². The summed E-state index contributed by atoms with van der Waals surface area (Å²) in [4.78, 5) is 15.2. The third kappa shape index (κ3) is 4.85. The van der Waals surface area contributed by atoms with Crippen LogP contribution in [-0.2, 0) is 10.0 Å². The molecule has 0 unspecified atom stereocenters. The van der Waals surface area contributed by atoms with Gasteiger partial charge < -0.3 is 5.32 Å². The van der Waals surface area contributed by atoms with Crippen molar-refractivity contribution in [1.82, 2.24) is 4.83 Å². The molecule has 2 aromatic carbocycles. The number of hydrazone groups is 1. The summed E-state index contributed by atoms with van der Waals surface area (Å²) in [5.41, 5.74) is 2.74. The minimum absolute atomic E-state index is 0.145. The van der Waals surface area contributed by atoms with E-state index in [0.717, 1.165) is 5.56 Å². The van der Waals surface area contributed by atoms with E-state index in [1.807, 2.05) is 18.4 Å². The van der Waals surface area contributed by atoms with Crippen LogP contribution in [-0.4, -0.2) is 20.0 Å². The van der Waals surface area contributed by atoms with Crippen molar-refractivity contribution >= 4 is 38.7 Å². The monoisotopic (exact) mass is 413 g/mol. The fourth-order valence-corrected chi connectivity index (χ4v) is 3.86. The first kappa shape index (κ1) is 19.8. The van der Waals surface area contributed by atoms with Crippen LogP contribution in [0.4, 0.5) is 5.69 Å². The number of thiophene rings is 1. The van der Waals surface area contributed by atoms with Gasteiger partial charge in [-0.1, -0.05) is 35.9 Å². The van der Waals surface area contributed by atoms with Gasteiger partial charge in [0.1, 0.15) is 0 Å². The second-order valence-corrected chi connectivity index (χ2v) is 8.73. The maximum absolute atomic E-state index is 12.3. The van der Waals surface area contributed by atoms with E-state index in [1.165, 1.54) is 23.5 Å². The number of hydrogen-bond donors (Lipinski definition) is 2. The van der Waals surface area contributed by atoms with Gasteiger partial charge in [-0.2, -0.15) is 18.4 Å². The lowest BCUT2D eigenvalue weighted by Gasteiger charge is -2.08. The molecule has 0 atom stereocenters. The average molecular weight is 414 g/mol. The van der Waals surface area contributed by atoms with E-state index in [0.29, 0.717) is 21.8 Å². The van der Waals surface area contributed by atoms with Crippen LogP contribution in [0, 0.1) is 6.92 Å². The Kier molecular flexibility index (Phi) is 5.91. The number of benzene rings is 2. The summed E-state index contributed by atoms with van der Waals surface area (Å²) in [6.45, 7) is 3.58. The number of sulfonamides is 1. The van der Waals surface area contributed by atoms with Gasteiger partial charge in [-0.15, -0.1) is 11.3 Å². The van der Waals surface area contributed by atoms with Gasteiger partial charge in [0.2, 0.25) is 0 Å². The molecule has 28 heavy (non-hydrogen) atoms. The Morgan fingerprint density at radius 2 is 1.79 bits per heavy atom. The Morgan fingerprint density at radius 3 is 2.46 bits per heavy atom. The SMILES string of the molecule is CC(=NNS(=O)(=O)c1ccc(C)cc1)c1cccc(NC(=O)c2cccs2)c1. The Labute approximate surface area is 168 Å². The Hall–Kier alpha value is -2.97. The van der Waals surface area contributed by atoms with Crippen molar-refractivity contribution in [2.45, 2.75) is 18.7 Å². The molecule has 0 radical (unpaired) electrons. The first-order valence-corrected chi connectivity index (χ1v) is 10.8. The highest BCUT2D eigenvalue weighted by Crippen LogP contribution is 2.16. The van der Waals surface area contributed by atoms with Crippen molar-refractivity contribution in [2.75, 3.05) is 5.32 Å². The standard InChI is InChI=1S/C20H19N3O3S2/c1-14-8-10-18(11-9-14)28(25,26)23-22-15(2)16-5-3-6-17(13-16)21-20(24)19-7-4-12-27-19/h3-13,23H,1-2H3,(H,21,24). The average Bonchev–Trinajstić information content (AvgIpc) is 3.22. The van der Waals surface area contributed by atoms with Crippen molar-refractivity contribution in [2.24, 2.45) is 5.10 Å². The molecular formula is C20H19N3O3S2. The highest BCUT2D eigenvalue weighted by atomic mass is 32.2. The molecule has 1 amide bonds. The molecule has 2 N–H and O–H groups in total. The van der Waals surface area contributed by atoms with Crippen molar-refractivity contribution in [1.29, 1.82) is 0 Å². The number of carbonyl (C=O) groups is 1. The summed E-state index contributed by atoms with van der Waals surface area (Å²) in [7, 11) is -3.74. The molecule has 0 aliphatic rings. The quantitative estimate of drug-likeness (QED) is 0.473. The van der Waals surface area contributed by atoms with Crippen LogP contribution in [0.2, 0.25) is 0 Å². The maximum Gasteiger partial charge on any atom is 0.276 e. The van der Waals surface area contributed by atoms with Crippen molar-refractivity contribution in [3.63, 3.8) is 0 Å². The minimum Gasteiger partial charge on any atom is -0.321 e. The molecule has 6 nitrogen and oxygen atoms in total. The zero-order valence-corrected chi connectivity index (χ0v) is 17.0. The molecule has 0 bridgehead atoms. The maximum atomic E-state index is 12.3. The molecular weight excluding hydrogens is 394 g/mol. The van der Waals surface area contributed by atoms with Gasteiger partial charge in [0.25, 0.3) is 15.9 Å². The van der Waals surface area contributed by atoms with Gasteiger partial charge >= 0.3 is 0 Å². The highest BCUT2D eigenvalue weighted by molar-refractivity contribution is 7.89. The lowest BCUT2D eigenvalue weighted by molar-refractivity contribution is 0.103. The number of nitrogens with one attached hydrogen (secondary N) is 2. The van der Waals surface area contributed by atoms with E-state index >= 15 is 0 Å². The van der Waals surface area contributed by atoms with E-state index < -0.39 is 10.0 Å². The molecule has 0 fully saturated rings. The van der Waals surface area contributed by atoms with Gasteiger partial charge in [0.15, 0.2) is 0 Å². The van der Waals surface area contributed by atoms with Crippen LogP contribution < -0.4 is 10.1 Å². The molecule has 144 valence electrons. The summed E-state index contributed by atoms with van der Waals surface area (Å²) >= 11 is 1.36. The zero-order chi connectivity index (χ0) is 20.1. The number of hydrogen-bond acceptors (Lipinski definition) is 5. The molecule has 8 heteroatoms. The normalized spacial score (nSPS) is 11.9. The molecule has 1 aromatic heterocycles. The van der Waals surface area contributed by atoms with Crippen molar-refractivity contribution < 1.29 is 13.2 Å². The molecule has 0 aliphatic carbocycles. The second-order valence-electron chi connectivity index (χ2n) is 6.12. The summed E-state index contributed by atoms with van der Waals surface area (Å²) in [5.74, 6) is -0.193.